The number of carboxylic acid groups (broad SMARTS) is 1. The predicted octanol–water partition coefficient (Wildman–Crippen LogP) is 1.04. The lowest BCUT2D eigenvalue weighted by molar-refractivity contribution is -0.135. The van der Waals surface area contributed by atoms with Crippen molar-refractivity contribution in [3.05, 3.63) is 11.4 Å². The molecule has 0 saturated heterocycles. The van der Waals surface area contributed by atoms with Crippen LogP contribution < -0.4 is 4.72 Å². The summed E-state index contributed by atoms with van der Waals surface area (Å²) in [5.41, 5.74) is -0.712. The third-order valence-corrected chi connectivity index (χ3v) is 3.91. The molecule has 0 spiro atoms. The van der Waals surface area contributed by atoms with Gasteiger partial charge in [-0.1, -0.05) is 0 Å². The lowest BCUT2D eigenvalue weighted by atomic mass is 10.3. The number of H-pyrrole nitrogens is 1. The highest BCUT2D eigenvalue weighted by Gasteiger charge is 2.29. The van der Waals surface area contributed by atoms with Gasteiger partial charge in [-0.25, -0.2) is 17.9 Å². The van der Waals surface area contributed by atoms with E-state index in [2.05, 4.69) is 10.2 Å². The number of aromatic nitrogens is 2. The molecular weight excluding hydrogens is 303 g/mol. The summed E-state index contributed by atoms with van der Waals surface area (Å²) in [5.74, 6) is -1.55. The van der Waals surface area contributed by atoms with Crippen LogP contribution in [0.4, 0.5) is 13.2 Å². The number of aryl methyl sites for hydroxylation is 1. The summed E-state index contributed by atoms with van der Waals surface area (Å²) in [7, 11) is -4.23. The van der Waals surface area contributed by atoms with Crippen molar-refractivity contribution in [3.8, 4) is 0 Å². The summed E-state index contributed by atoms with van der Waals surface area (Å²) in [4.78, 5) is 10.2. The first-order chi connectivity index (χ1) is 9.04. The number of sulfonamides is 1. The smallest absolute Gasteiger partial charge is 0.389 e. The number of aromatic amines is 1. The maximum Gasteiger partial charge on any atom is 0.389 e. The zero-order valence-electron chi connectivity index (χ0n) is 10.3. The molecule has 114 valence electrons. The summed E-state index contributed by atoms with van der Waals surface area (Å²) in [6.45, 7) is 0.842. The molecule has 0 aliphatic heterocycles. The van der Waals surface area contributed by atoms with Gasteiger partial charge in [-0.2, -0.15) is 18.3 Å². The van der Waals surface area contributed by atoms with Crippen LogP contribution in [0.3, 0.4) is 0 Å². The fourth-order valence-electron chi connectivity index (χ4n) is 1.46. The van der Waals surface area contributed by atoms with Gasteiger partial charge in [0.15, 0.2) is 5.69 Å². The molecule has 0 aromatic carbocycles. The molecule has 1 heterocycles. The number of carbonyl (C=O) groups is 1. The van der Waals surface area contributed by atoms with E-state index in [0.29, 0.717) is 0 Å². The molecule has 0 bridgehead atoms. The van der Waals surface area contributed by atoms with E-state index in [1.165, 1.54) is 6.92 Å². The van der Waals surface area contributed by atoms with E-state index < -0.39 is 52.1 Å². The Morgan fingerprint density at radius 2 is 2.05 bits per heavy atom. The number of hydrogen-bond acceptors (Lipinski definition) is 4. The van der Waals surface area contributed by atoms with Gasteiger partial charge in [0.25, 0.3) is 0 Å². The first-order valence-electron chi connectivity index (χ1n) is 5.39. The Morgan fingerprint density at radius 1 is 1.45 bits per heavy atom. The summed E-state index contributed by atoms with van der Waals surface area (Å²) in [5, 5.41) is 14.3. The standard InChI is InChI=1S/C9H12F3N3O4S/c1-5-7(6(8(16)17)15-14-5)20(18,19)13-4-2-3-9(10,11)12/h13H,2-4H2,1H3,(H,14,15)(H,16,17). The van der Waals surface area contributed by atoms with Gasteiger partial charge in [-0.3, -0.25) is 5.10 Å². The molecule has 0 saturated carbocycles. The topological polar surface area (TPSA) is 112 Å². The molecule has 11 heteroatoms. The second-order valence-electron chi connectivity index (χ2n) is 3.95. The first-order valence-corrected chi connectivity index (χ1v) is 6.87. The Balaban J connectivity index is 2.80. The Hall–Kier alpha value is -1.62. The minimum absolute atomic E-state index is 0.00859. The van der Waals surface area contributed by atoms with Gasteiger partial charge < -0.3 is 5.11 Å². The van der Waals surface area contributed by atoms with Crippen LogP contribution in [0.1, 0.15) is 29.0 Å². The number of aromatic carboxylic acids is 1. The Bertz CT molecular complexity index is 594. The van der Waals surface area contributed by atoms with Crippen molar-refractivity contribution in [2.45, 2.75) is 30.8 Å². The minimum atomic E-state index is -4.37. The quantitative estimate of drug-likeness (QED) is 0.679. The molecule has 0 aliphatic carbocycles. The van der Waals surface area contributed by atoms with E-state index in [-0.39, 0.29) is 5.69 Å². The van der Waals surface area contributed by atoms with Crippen LogP contribution >= 0.6 is 0 Å². The molecule has 0 aliphatic rings. The van der Waals surface area contributed by atoms with Crippen molar-refractivity contribution in [2.75, 3.05) is 6.54 Å². The fourth-order valence-corrected chi connectivity index (χ4v) is 2.85. The van der Waals surface area contributed by atoms with Crippen molar-refractivity contribution in [3.63, 3.8) is 0 Å². The predicted molar refractivity (Wildman–Crippen MR) is 60.8 cm³/mol. The third kappa shape index (κ3) is 4.20. The number of nitrogens with one attached hydrogen (secondary N) is 2. The molecule has 1 aromatic rings. The van der Waals surface area contributed by atoms with E-state index in [0.717, 1.165) is 0 Å². The number of nitrogens with zero attached hydrogens (tertiary/aromatic N) is 1. The molecule has 0 fully saturated rings. The molecule has 0 amide bonds. The zero-order chi connectivity index (χ0) is 15.6. The van der Waals surface area contributed by atoms with Crippen LogP contribution in [-0.4, -0.2) is 42.4 Å². The Kier molecular flexibility index (Phi) is 4.76. The average Bonchev–Trinajstić information content (AvgIpc) is 2.66. The minimum Gasteiger partial charge on any atom is -0.476 e. The highest BCUT2D eigenvalue weighted by atomic mass is 32.2. The van der Waals surface area contributed by atoms with Gasteiger partial charge >= 0.3 is 12.1 Å². The number of carboxylic acids is 1. The van der Waals surface area contributed by atoms with Gasteiger partial charge in [-0.15, -0.1) is 0 Å². The SMILES string of the molecule is Cc1[nH]nc(C(=O)O)c1S(=O)(=O)NCCCC(F)(F)F. The van der Waals surface area contributed by atoms with Crippen LogP contribution in [0.2, 0.25) is 0 Å². The molecule has 1 aromatic heterocycles. The fraction of sp³-hybridized carbons (Fsp3) is 0.556. The summed E-state index contributed by atoms with van der Waals surface area (Å²) in [6, 6.07) is 0. The Labute approximate surface area is 112 Å². The number of halogens is 3. The molecule has 1 rings (SSSR count). The van der Waals surface area contributed by atoms with Gasteiger partial charge in [-0.05, 0) is 13.3 Å². The molecule has 7 nitrogen and oxygen atoms in total. The number of hydrogen-bond donors (Lipinski definition) is 3. The van der Waals surface area contributed by atoms with Crippen LogP contribution in [0.15, 0.2) is 4.90 Å². The summed E-state index contributed by atoms with van der Waals surface area (Å²) < 4.78 is 61.4. The molecule has 20 heavy (non-hydrogen) atoms. The highest BCUT2D eigenvalue weighted by molar-refractivity contribution is 7.89. The monoisotopic (exact) mass is 315 g/mol. The molecule has 0 radical (unpaired) electrons. The first kappa shape index (κ1) is 16.4. The van der Waals surface area contributed by atoms with E-state index in [1.54, 1.807) is 0 Å². The average molecular weight is 315 g/mol. The second kappa shape index (κ2) is 5.79. The van der Waals surface area contributed by atoms with Gasteiger partial charge in [0.1, 0.15) is 4.90 Å². The second-order valence-corrected chi connectivity index (χ2v) is 5.65. The van der Waals surface area contributed by atoms with Crippen molar-refractivity contribution < 1.29 is 31.5 Å². The van der Waals surface area contributed by atoms with Crippen LogP contribution in [0.25, 0.3) is 0 Å². The maximum absolute atomic E-state index is 11.9. The lowest BCUT2D eigenvalue weighted by Crippen LogP contribution is -2.27. The summed E-state index contributed by atoms with van der Waals surface area (Å²) in [6.07, 6.45) is -5.95. The third-order valence-electron chi connectivity index (χ3n) is 2.29. The summed E-state index contributed by atoms with van der Waals surface area (Å²) >= 11 is 0. The van der Waals surface area contributed by atoms with Gasteiger partial charge in [0, 0.05) is 13.0 Å². The molecule has 3 N–H and O–H groups in total. The van der Waals surface area contributed by atoms with Gasteiger partial charge in [0.2, 0.25) is 10.0 Å². The van der Waals surface area contributed by atoms with Crippen LogP contribution in [0, 0.1) is 6.92 Å². The van der Waals surface area contributed by atoms with E-state index in [1.807, 2.05) is 4.72 Å². The van der Waals surface area contributed by atoms with Crippen molar-refractivity contribution >= 4 is 16.0 Å². The normalized spacial score (nSPS) is 12.6. The molecule has 0 atom stereocenters. The molecular formula is C9H12F3N3O4S. The molecule has 0 unspecified atom stereocenters. The van der Waals surface area contributed by atoms with E-state index in [9.17, 15) is 26.4 Å². The van der Waals surface area contributed by atoms with Crippen LogP contribution in [-0.2, 0) is 10.0 Å². The van der Waals surface area contributed by atoms with Gasteiger partial charge in [0.05, 0.1) is 5.69 Å². The Morgan fingerprint density at radius 3 is 2.55 bits per heavy atom. The van der Waals surface area contributed by atoms with Crippen molar-refractivity contribution in [1.29, 1.82) is 0 Å². The number of rotatable bonds is 6. The van der Waals surface area contributed by atoms with Crippen molar-refractivity contribution in [2.24, 2.45) is 0 Å². The van der Waals surface area contributed by atoms with E-state index in [4.69, 9.17) is 5.11 Å². The maximum atomic E-state index is 11.9. The highest BCUT2D eigenvalue weighted by Crippen LogP contribution is 2.21. The lowest BCUT2D eigenvalue weighted by Gasteiger charge is -2.08. The van der Waals surface area contributed by atoms with E-state index >= 15 is 0 Å². The zero-order valence-corrected chi connectivity index (χ0v) is 11.1. The van der Waals surface area contributed by atoms with Crippen molar-refractivity contribution in [1.82, 2.24) is 14.9 Å². The largest absolute Gasteiger partial charge is 0.476 e. The van der Waals surface area contributed by atoms with Crippen LogP contribution in [0.5, 0.6) is 0 Å². The number of alkyl halides is 3.